The van der Waals surface area contributed by atoms with Gasteiger partial charge in [0.05, 0.1) is 6.61 Å². The van der Waals surface area contributed by atoms with Gasteiger partial charge < -0.3 is 10.4 Å². The number of rotatable bonds is 4. The molecule has 1 aliphatic heterocycles. The molecule has 18 heavy (non-hydrogen) atoms. The number of hydrogen-bond donors (Lipinski definition) is 2. The van der Waals surface area contributed by atoms with Gasteiger partial charge >= 0.3 is 5.69 Å². The molecule has 1 aromatic heterocycles. The Morgan fingerprint density at radius 3 is 3.00 bits per heavy atom. The maximum absolute atomic E-state index is 12.0. The van der Waals surface area contributed by atoms with E-state index in [2.05, 4.69) is 10.4 Å². The summed E-state index contributed by atoms with van der Waals surface area (Å²) in [6.07, 6.45) is 3.92. The van der Waals surface area contributed by atoms with Gasteiger partial charge in [-0.05, 0) is 12.8 Å². The molecule has 0 aromatic carbocycles. The van der Waals surface area contributed by atoms with E-state index in [-0.39, 0.29) is 31.3 Å². The van der Waals surface area contributed by atoms with Crippen molar-refractivity contribution in [2.75, 3.05) is 13.2 Å². The van der Waals surface area contributed by atoms with E-state index < -0.39 is 0 Å². The highest BCUT2D eigenvalue weighted by molar-refractivity contribution is 5.75. The number of aliphatic hydroxyl groups excluding tert-OH is 1. The number of nitrogens with one attached hydrogen (secondary N) is 1. The van der Waals surface area contributed by atoms with Gasteiger partial charge in [0.25, 0.3) is 0 Å². The van der Waals surface area contributed by atoms with E-state index in [9.17, 15) is 9.59 Å². The van der Waals surface area contributed by atoms with Gasteiger partial charge in [0.1, 0.15) is 12.4 Å². The van der Waals surface area contributed by atoms with Gasteiger partial charge in [0, 0.05) is 19.5 Å². The number of aryl methyl sites for hydroxylation is 1. The van der Waals surface area contributed by atoms with Crippen molar-refractivity contribution in [1.82, 2.24) is 19.7 Å². The van der Waals surface area contributed by atoms with Gasteiger partial charge in [-0.25, -0.2) is 9.48 Å². The van der Waals surface area contributed by atoms with Crippen LogP contribution in [0.2, 0.25) is 0 Å². The maximum atomic E-state index is 12.0. The minimum atomic E-state index is -0.306. The van der Waals surface area contributed by atoms with Crippen molar-refractivity contribution in [2.45, 2.75) is 38.8 Å². The van der Waals surface area contributed by atoms with E-state index in [4.69, 9.17) is 5.11 Å². The predicted molar refractivity (Wildman–Crippen MR) is 64.1 cm³/mol. The van der Waals surface area contributed by atoms with Crippen LogP contribution in [-0.4, -0.2) is 38.5 Å². The van der Waals surface area contributed by atoms with E-state index in [0.29, 0.717) is 6.54 Å². The van der Waals surface area contributed by atoms with Crippen LogP contribution in [-0.2, 0) is 24.3 Å². The molecule has 1 amide bonds. The molecule has 0 saturated heterocycles. The fourth-order valence-corrected chi connectivity index (χ4v) is 2.12. The third kappa shape index (κ3) is 2.79. The molecule has 2 heterocycles. The van der Waals surface area contributed by atoms with Crippen LogP contribution in [0.3, 0.4) is 0 Å². The summed E-state index contributed by atoms with van der Waals surface area (Å²) < 4.78 is 2.86. The second kappa shape index (κ2) is 5.81. The SMILES string of the molecule is O=C(Cn1nc2n(c1=O)CCCCC2)NCCO. The summed E-state index contributed by atoms with van der Waals surface area (Å²) in [7, 11) is 0. The number of fused-ring (bicyclic) bond motifs is 1. The lowest BCUT2D eigenvalue weighted by Gasteiger charge is -2.02. The molecule has 2 rings (SSSR count). The Hall–Kier alpha value is -1.63. The second-order valence-corrected chi connectivity index (χ2v) is 4.39. The minimum absolute atomic E-state index is 0.0845. The monoisotopic (exact) mass is 254 g/mol. The molecular weight excluding hydrogens is 236 g/mol. The quantitative estimate of drug-likeness (QED) is 0.712. The number of nitrogens with zero attached hydrogens (tertiary/aromatic N) is 3. The fraction of sp³-hybridized carbons (Fsp3) is 0.727. The molecule has 1 aliphatic rings. The lowest BCUT2D eigenvalue weighted by Crippen LogP contribution is -2.34. The Bertz CT molecular complexity index is 477. The van der Waals surface area contributed by atoms with Crippen molar-refractivity contribution in [3.63, 3.8) is 0 Å². The minimum Gasteiger partial charge on any atom is -0.395 e. The average molecular weight is 254 g/mol. The molecule has 1 aromatic rings. The first kappa shape index (κ1) is 12.8. The first-order valence-electron chi connectivity index (χ1n) is 6.26. The molecular formula is C11H18N4O3. The molecule has 0 atom stereocenters. The molecule has 0 aliphatic carbocycles. The molecule has 0 radical (unpaired) electrons. The summed E-state index contributed by atoms with van der Waals surface area (Å²) in [6.45, 7) is 0.687. The third-order valence-electron chi connectivity index (χ3n) is 3.01. The average Bonchev–Trinajstić information content (AvgIpc) is 2.57. The van der Waals surface area contributed by atoms with Crippen LogP contribution >= 0.6 is 0 Å². The Morgan fingerprint density at radius 1 is 1.39 bits per heavy atom. The van der Waals surface area contributed by atoms with Crippen LogP contribution in [0.5, 0.6) is 0 Å². The number of carbonyl (C=O) groups is 1. The summed E-state index contributed by atoms with van der Waals surface area (Å²) >= 11 is 0. The largest absolute Gasteiger partial charge is 0.395 e. The third-order valence-corrected chi connectivity index (χ3v) is 3.01. The van der Waals surface area contributed by atoms with Gasteiger partial charge in [-0.2, -0.15) is 5.10 Å². The Balaban J connectivity index is 2.10. The molecule has 7 nitrogen and oxygen atoms in total. The zero-order valence-electron chi connectivity index (χ0n) is 10.3. The molecule has 7 heteroatoms. The second-order valence-electron chi connectivity index (χ2n) is 4.39. The molecule has 0 saturated carbocycles. The fourth-order valence-electron chi connectivity index (χ4n) is 2.12. The van der Waals surface area contributed by atoms with Gasteiger partial charge in [-0.15, -0.1) is 0 Å². The van der Waals surface area contributed by atoms with E-state index in [1.807, 2.05) is 0 Å². The summed E-state index contributed by atoms with van der Waals surface area (Å²) in [4.78, 5) is 23.5. The predicted octanol–water partition coefficient (Wildman–Crippen LogP) is -1.12. The number of amides is 1. The number of hydrogen-bond acceptors (Lipinski definition) is 4. The van der Waals surface area contributed by atoms with Gasteiger partial charge in [-0.3, -0.25) is 9.36 Å². The lowest BCUT2D eigenvalue weighted by atomic mass is 10.2. The van der Waals surface area contributed by atoms with Crippen molar-refractivity contribution >= 4 is 5.91 Å². The van der Waals surface area contributed by atoms with E-state index in [1.54, 1.807) is 4.57 Å². The first-order chi connectivity index (χ1) is 8.72. The summed E-state index contributed by atoms with van der Waals surface area (Å²) in [5.74, 6) is 0.465. The smallest absolute Gasteiger partial charge is 0.346 e. The zero-order valence-corrected chi connectivity index (χ0v) is 10.3. The van der Waals surface area contributed by atoms with E-state index >= 15 is 0 Å². The summed E-state index contributed by atoms with van der Waals surface area (Å²) in [6, 6.07) is 0. The van der Waals surface area contributed by atoms with Crippen molar-refractivity contribution in [1.29, 1.82) is 0 Å². The van der Waals surface area contributed by atoms with Crippen molar-refractivity contribution in [2.24, 2.45) is 0 Å². The van der Waals surface area contributed by atoms with Crippen molar-refractivity contribution in [3.8, 4) is 0 Å². The summed E-state index contributed by atoms with van der Waals surface area (Å²) in [5, 5.41) is 15.3. The van der Waals surface area contributed by atoms with Gasteiger partial charge in [-0.1, -0.05) is 6.42 Å². The number of aliphatic hydroxyl groups is 1. The van der Waals surface area contributed by atoms with Crippen LogP contribution < -0.4 is 11.0 Å². The first-order valence-corrected chi connectivity index (χ1v) is 6.26. The van der Waals surface area contributed by atoms with Crippen molar-refractivity contribution < 1.29 is 9.90 Å². The van der Waals surface area contributed by atoms with Gasteiger partial charge in [0.15, 0.2) is 0 Å². The molecule has 0 bridgehead atoms. The van der Waals surface area contributed by atoms with Gasteiger partial charge in [0.2, 0.25) is 5.91 Å². The van der Waals surface area contributed by atoms with Crippen LogP contribution in [0.4, 0.5) is 0 Å². The Labute approximate surface area is 104 Å². The Morgan fingerprint density at radius 2 is 2.22 bits per heavy atom. The number of carbonyl (C=O) groups excluding carboxylic acids is 1. The highest BCUT2D eigenvalue weighted by atomic mass is 16.3. The normalized spacial score (nSPS) is 14.9. The standard InChI is InChI=1S/C11H18N4O3/c16-7-5-12-10(17)8-15-11(18)14-6-3-1-2-4-9(14)13-15/h16H,1-8H2,(H,12,17). The maximum Gasteiger partial charge on any atom is 0.346 e. The Kier molecular flexibility index (Phi) is 4.14. The van der Waals surface area contributed by atoms with Crippen LogP contribution in [0.25, 0.3) is 0 Å². The molecule has 100 valence electrons. The summed E-state index contributed by atoms with van der Waals surface area (Å²) in [5.41, 5.74) is -0.217. The molecule has 0 fully saturated rings. The van der Waals surface area contributed by atoms with Crippen LogP contribution in [0.1, 0.15) is 25.1 Å². The van der Waals surface area contributed by atoms with Crippen molar-refractivity contribution in [3.05, 3.63) is 16.3 Å². The highest BCUT2D eigenvalue weighted by Gasteiger charge is 2.16. The topological polar surface area (TPSA) is 89.2 Å². The van der Waals surface area contributed by atoms with Crippen LogP contribution in [0, 0.1) is 0 Å². The molecule has 2 N–H and O–H groups in total. The van der Waals surface area contributed by atoms with Crippen LogP contribution in [0.15, 0.2) is 4.79 Å². The zero-order chi connectivity index (χ0) is 13.0. The lowest BCUT2D eigenvalue weighted by molar-refractivity contribution is -0.122. The highest BCUT2D eigenvalue weighted by Crippen LogP contribution is 2.09. The molecule has 0 unspecified atom stereocenters. The number of aromatic nitrogens is 3. The molecule has 0 spiro atoms. The van der Waals surface area contributed by atoms with E-state index in [1.165, 1.54) is 4.68 Å². The van der Waals surface area contributed by atoms with E-state index in [0.717, 1.165) is 31.5 Å².